The number of rotatable bonds is 12. The molecule has 12 heteroatoms. The van der Waals surface area contributed by atoms with Gasteiger partial charge in [-0.3, -0.25) is 4.79 Å². The van der Waals surface area contributed by atoms with Crippen LogP contribution in [-0.2, 0) is 4.79 Å². The van der Waals surface area contributed by atoms with Crippen molar-refractivity contribution in [2.24, 2.45) is 0 Å². The smallest absolute Gasteiger partial charge is 0.254 e. The third kappa shape index (κ3) is 7.19. The van der Waals surface area contributed by atoms with Gasteiger partial charge in [-0.15, -0.1) is 0 Å². The van der Waals surface area contributed by atoms with Crippen molar-refractivity contribution in [3.8, 4) is 0 Å². The Kier molecular flexibility index (Phi) is 11.4. The summed E-state index contributed by atoms with van der Waals surface area (Å²) in [6, 6.07) is -0.666. The molecule has 0 radical (unpaired) electrons. The monoisotopic (exact) mass is 401 g/mol. The van der Waals surface area contributed by atoms with E-state index in [1.54, 1.807) is 0 Å². The molecular formula is C15H31NO11. The van der Waals surface area contributed by atoms with Crippen LogP contribution in [0.4, 0.5) is 0 Å². The molecule has 0 bridgehead atoms. The highest BCUT2D eigenvalue weighted by Crippen LogP contribution is 2.13. The van der Waals surface area contributed by atoms with Gasteiger partial charge in [0, 0.05) is 12.6 Å². The van der Waals surface area contributed by atoms with Crippen molar-refractivity contribution in [2.45, 2.75) is 68.7 Å². The van der Waals surface area contributed by atoms with E-state index >= 15 is 0 Å². The van der Waals surface area contributed by atoms with Crippen LogP contribution in [0.1, 0.15) is 13.8 Å². The van der Waals surface area contributed by atoms with E-state index < -0.39 is 80.5 Å². The summed E-state index contributed by atoms with van der Waals surface area (Å²) in [7, 11) is 0. The van der Waals surface area contributed by atoms with Crippen molar-refractivity contribution in [3.63, 3.8) is 0 Å². The van der Waals surface area contributed by atoms with Gasteiger partial charge >= 0.3 is 0 Å². The predicted molar refractivity (Wildman–Crippen MR) is 89.1 cm³/mol. The Labute approximate surface area is 156 Å². The minimum absolute atomic E-state index is 0.630. The van der Waals surface area contributed by atoms with Gasteiger partial charge in [-0.1, -0.05) is 0 Å². The maximum Gasteiger partial charge on any atom is 0.254 e. The molecule has 10 N–H and O–H groups in total. The van der Waals surface area contributed by atoms with Crippen molar-refractivity contribution in [3.05, 3.63) is 0 Å². The van der Waals surface area contributed by atoms with Crippen LogP contribution in [0.3, 0.4) is 0 Å². The molecule has 0 saturated heterocycles. The summed E-state index contributed by atoms with van der Waals surface area (Å²) < 4.78 is 0. The van der Waals surface area contributed by atoms with Crippen LogP contribution < -0.4 is 0 Å². The first kappa shape index (κ1) is 26.1. The first-order valence-corrected chi connectivity index (χ1v) is 8.37. The number of hydrogen-bond donors (Lipinski definition) is 10. The number of aliphatic hydroxyl groups is 10. The Bertz CT molecular complexity index is 438. The Balaban J connectivity index is 5.18. The number of carbonyl (C=O) groups is 1. The maximum absolute atomic E-state index is 12.4. The molecular weight excluding hydrogens is 370 g/mol. The van der Waals surface area contributed by atoms with Crippen molar-refractivity contribution in [2.75, 3.05) is 19.8 Å². The van der Waals surface area contributed by atoms with Gasteiger partial charge in [0.25, 0.3) is 5.91 Å². The standard InChI is InChI=1S/C15H31NO11/c1-6(2)16(3-7(19)10(22)11(23)8(20)4-17)15(27)14(26)13(25)12(24)9(21)5-18/h6-14,17-26H,3-5H2,1-2H3/t7-,8+,9+,10+,11+,12+,13-,14+/m0/s1. The molecule has 0 fully saturated rings. The predicted octanol–water partition coefficient (Wildman–Crippen LogP) is -5.90. The second-order valence-electron chi connectivity index (χ2n) is 6.56. The molecule has 27 heavy (non-hydrogen) atoms. The molecule has 0 rings (SSSR count). The van der Waals surface area contributed by atoms with E-state index in [0.717, 1.165) is 4.90 Å². The molecule has 0 aliphatic rings. The lowest BCUT2D eigenvalue weighted by Crippen LogP contribution is -2.57. The third-order valence-electron chi connectivity index (χ3n) is 4.12. The largest absolute Gasteiger partial charge is 0.394 e. The number of hydrogen-bond acceptors (Lipinski definition) is 11. The number of amides is 1. The molecule has 162 valence electrons. The van der Waals surface area contributed by atoms with Gasteiger partial charge in [-0.2, -0.15) is 0 Å². The summed E-state index contributed by atoms with van der Waals surface area (Å²) in [5.74, 6) is -1.16. The average Bonchev–Trinajstić information content (AvgIpc) is 2.66. The molecule has 0 aliphatic heterocycles. The topological polar surface area (TPSA) is 223 Å². The van der Waals surface area contributed by atoms with E-state index in [2.05, 4.69) is 0 Å². The molecule has 0 aromatic heterocycles. The average molecular weight is 401 g/mol. The zero-order valence-corrected chi connectivity index (χ0v) is 15.1. The minimum Gasteiger partial charge on any atom is -0.394 e. The van der Waals surface area contributed by atoms with Gasteiger partial charge in [-0.25, -0.2) is 0 Å². The molecule has 8 atom stereocenters. The highest BCUT2D eigenvalue weighted by molar-refractivity contribution is 5.81. The van der Waals surface area contributed by atoms with Crippen LogP contribution in [0.2, 0.25) is 0 Å². The highest BCUT2D eigenvalue weighted by Gasteiger charge is 2.39. The Morgan fingerprint density at radius 3 is 1.44 bits per heavy atom. The van der Waals surface area contributed by atoms with E-state index in [9.17, 15) is 45.6 Å². The SMILES string of the molecule is CC(C)N(C[C@H](O)[C@@H](O)[C@H](O)[C@H](O)CO)C(=O)[C@H](O)[C@@H](O)[C@H](O)[C@H](O)CO. The highest BCUT2D eigenvalue weighted by atomic mass is 16.4. The summed E-state index contributed by atoms with van der Waals surface area (Å²) in [4.78, 5) is 13.2. The second-order valence-corrected chi connectivity index (χ2v) is 6.56. The minimum atomic E-state index is -2.22. The lowest BCUT2D eigenvalue weighted by atomic mass is 10.00. The quantitative estimate of drug-likeness (QED) is 0.148. The van der Waals surface area contributed by atoms with Gasteiger partial charge in [-0.05, 0) is 13.8 Å². The molecule has 0 aromatic rings. The third-order valence-corrected chi connectivity index (χ3v) is 4.12. The summed E-state index contributed by atoms with van der Waals surface area (Å²) in [5.41, 5.74) is 0. The lowest BCUT2D eigenvalue weighted by Gasteiger charge is -2.35. The Hall–Kier alpha value is -0.930. The fourth-order valence-corrected chi connectivity index (χ4v) is 2.27. The fourth-order valence-electron chi connectivity index (χ4n) is 2.27. The summed E-state index contributed by atoms with van der Waals surface area (Å²) in [5, 5.41) is 94.8. The van der Waals surface area contributed by atoms with Gasteiger partial charge < -0.3 is 56.0 Å². The van der Waals surface area contributed by atoms with Gasteiger partial charge in [0.1, 0.15) is 42.7 Å². The number of aliphatic hydroxyl groups excluding tert-OH is 10. The van der Waals surface area contributed by atoms with Gasteiger partial charge in [0.05, 0.1) is 13.2 Å². The molecule has 1 amide bonds. The number of carbonyl (C=O) groups excluding carboxylic acids is 1. The van der Waals surface area contributed by atoms with Gasteiger partial charge in [0.15, 0.2) is 6.10 Å². The van der Waals surface area contributed by atoms with E-state index in [4.69, 9.17) is 10.2 Å². The van der Waals surface area contributed by atoms with Crippen LogP contribution in [0.25, 0.3) is 0 Å². The summed E-state index contributed by atoms with van der Waals surface area (Å²) in [6.07, 6.45) is -15.6. The zero-order chi connectivity index (χ0) is 21.5. The molecule has 0 unspecified atom stereocenters. The lowest BCUT2D eigenvalue weighted by molar-refractivity contribution is -0.164. The number of nitrogens with zero attached hydrogens (tertiary/aromatic N) is 1. The van der Waals surface area contributed by atoms with E-state index in [0.29, 0.717) is 0 Å². The zero-order valence-electron chi connectivity index (χ0n) is 15.1. The maximum atomic E-state index is 12.4. The molecule has 12 nitrogen and oxygen atoms in total. The van der Waals surface area contributed by atoms with Gasteiger partial charge in [0.2, 0.25) is 0 Å². The first-order valence-electron chi connectivity index (χ1n) is 8.37. The van der Waals surface area contributed by atoms with Crippen LogP contribution in [0.15, 0.2) is 0 Å². The molecule has 0 saturated carbocycles. The molecule has 0 heterocycles. The molecule has 0 aliphatic carbocycles. The molecule has 0 spiro atoms. The van der Waals surface area contributed by atoms with E-state index in [-0.39, 0.29) is 0 Å². The van der Waals surface area contributed by atoms with Crippen LogP contribution >= 0.6 is 0 Å². The first-order chi connectivity index (χ1) is 12.4. The normalized spacial score (nSPS) is 21.1. The van der Waals surface area contributed by atoms with Crippen molar-refractivity contribution < 1.29 is 55.9 Å². The van der Waals surface area contributed by atoms with Crippen molar-refractivity contribution in [1.29, 1.82) is 0 Å². The van der Waals surface area contributed by atoms with E-state index in [1.807, 2.05) is 0 Å². The Morgan fingerprint density at radius 2 is 1.07 bits per heavy atom. The summed E-state index contributed by atoms with van der Waals surface area (Å²) in [6.45, 7) is 0.522. The summed E-state index contributed by atoms with van der Waals surface area (Å²) >= 11 is 0. The van der Waals surface area contributed by atoms with Crippen molar-refractivity contribution >= 4 is 5.91 Å². The van der Waals surface area contributed by atoms with Crippen LogP contribution in [-0.4, -0.2) is 137 Å². The fraction of sp³-hybridized carbons (Fsp3) is 0.933. The van der Waals surface area contributed by atoms with Crippen LogP contribution in [0.5, 0.6) is 0 Å². The van der Waals surface area contributed by atoms with Crippen LogP contribution in [0, 0.1) is 0 Å². The van der Waals surface area contributed by atoms with Crippen molar-refractivity contribution in [1.82, 2.24) is 4.90 Å². The Morgan fingerprint density at radius 1 is 0.704 bits per heavy atom. The molecule has 0 aromatic carbocycles. The second kappa shape index (κ2) is 11.8. The van der Waals surface area contributed by atoms with E-state index in [1.165, 1.54) is 13.8 Å².